The molecule has 0 spiro atoms. The van der Waals surface area contributed by atoms with E-state index in [0.717, 1.165) is 18.5 Å². The SMILES string of the molecule is Cl.Clc1cc(Cl)c(Cl)c([C@@H]2CCCCN2)c1. The fraction of sp³-hybridized carbons (Fsp3) is 0.455. The highest BCUT2D eigenvalue weighted by Gasteiger charge is 2.19. The van der Waals surface area contributed by atoms with Crippen molar-refractivity contribution in [1.82, 2.24) is 5.32 Å². The van der Waals surface area contributed by atoms with E-state index in [0.29, 0.717) is 21.1 Å². The maximum absolute atomic E-state index is 6.17. The van der Waals surface area contributed by atoms with Gasteiger partial charge in [-0.15, -0.1) is 12.4 Å². The van der Waals surface area contributed by atoms with Crippen LogP contribution in [0.3, 0.4) is 0 Å². The van der Waals surface area contributed by atoms with Gasteiger partial charge in [-0.3, -0.25) is 0 Å². The molecule has 0 unspecified atom stereocenters. The summed E-state index contributed by atoms with van der Waals surface area (Å²) in [6.45, 7) is 1.03. The van der Waals surface area contributed by atoms with E-state index in [9.17, 15) is 0 Å². The first kappa shape index (κ1) is 14.4. The molecule has 1 nitrogen and oxygen atoms in total. The van der Waals surface area contributed by atoms with Crippen molar-refractivity contribution >= 4 is 47.2 Å². The molecule has 0 aromatic heterocycles. The van der Waals surface area contributed by atoms with Crippen LogP contribution in [0, 0.1) is 0 Å². The van der Waals surface area contributed by atoms with E-state index in [-0.39, 0.29) is 12.4 Å². The average Bonchev–Trinajstić information content (AvgIpc) is 2.24. The van der Waals surface area contributed by atoms with Gasteiger partial charge in [0.1, 0.15) is 0 Å². The van der Waals surface area contributed by atoms with Crippen molar-refractivity contribution in [2.24, 2.45) is 0 Å². The second-order valence-electron chi connectivity index (χ2n) is 3.79. The zero-order valence-corrected chi connectivity index (χ0v) is 11.7. The van der Waals surface area contributed by atoms with Crippen LogP contribution in [-0.4, -0.2) is 6.54 Å². The highest BCUT2D eigenvalue weighted by atomic mass is 35.5. The third-order valence-electron chi connectivity index (χ3n) is 2.71. The van der Waals surface area contributed by atoms with Crippen molar-refractivity contribution in [3.05, 3.63) is 32.8 Å². The second-order valence-corrected chi connectivity index (χ2v) is 5.01. The molecule has 90 valence electrons. The molecule has 1 heterocycles. The fourth-order valence-corrected chi connectivity index (χ4v) is 2.70. The van der Waals surface area contributed by atoms with Gasteiger partial charge in [-0.1, -0.05) is 41.2 Å². The molecule has 1 saturated heterocycles. The number of hydrogen-bond acceptors (Lipinski definition) is 1. The van der Waals surface area contributed by atoms with Crippen LogP contribution in [0.4, 0.5) is 0 Å². The molecule has 16 heavy (non-hydrogen) atoms. The monoisotopic (exact) mass is 299 g/mol. The molecule has 2 rings (SSSR count). The summed E-state index contributed by atoms with van der Waals surface area (Å²) in [6.07, 6.45) is 3.54. The predicted molar refractivity (Wildman–Crippen MR) is 73.3 cm³/mol. The molecule has 5 heteroatoms. The Hall–Kier alpha value is 0.340. The summed E-state index contributed by atoms with van der Waals surface area (Å²) in [7, 11) is 0. The smallest absolute Gasteiger partial charge is 0.0641 e. The fourth-order valence-electron chi connectivity index (χ4n) is 1.95. The molecule has 0 saturated carbocycles. The Bertz CT molecular complexity index is 361. The lowest BCUT2D eigenvalue weighted by Gasteiger charge is -2.25. The van der Waals surface area contributed by atoms with E-state index in [4.69, 9.17) is 34.8 Å². The first-order valence-electron chi connectivity index (χ1n) is 5.06. The first-order chi connectivity index (χ1) is 7.18. The number of hydrogen-bond donors (Lipinski definition) is 1. The minimum absolute atomic E-state index is 0. The lowest BCUT2D eigenvalue weighted by atomic mass is 9.97. The normalized spacial score (nSPS) is 20.3. The van der Waals surface area contributed by atoms with Crippen LogP contribution in [-0.2, 0) is 0 Å². The van der Waals surface area contributed by atoms with Crippen molar-refractivity contribution in [2.75, 3.05) is 6.54 Å². The van der Waals surface area contributed by atoms with Gasteiger partial charge in [0.2, 0.25) is 0 Å². The Balaban J connectivity index is 0.00000128. The zero-order valence-electron chi connectivity index (χ0n) is 8.60. The van der Waals surface area contributed by atoms with Crippen LogP contribution in [0.25, 0.3) is 0 Å². The highest BCUT2D eigenvalue weighted by Crippen LogP contribution is 2.35. The molecule has 1 aromatic rings. The average molecular weight is 301 g/mol. The summed E-state index contributed by atoms with van der Waals surface area (Å²) >= 11 is 18.1. The zero-order chi connectivity index (χ0) is 10.8. The number of nitrogens with one attached hydrogen (secondary N) is 1. The number of halogens is 4. The summed E-state index contributed by atoms with van der Waals surface area (Å²) < 4.78 is 0. The van der Waals surface area contributed by atoms with Crippen molar-refractivity contribution in [3.63, 3.8) is 0 Å². The minimum Gasteiger partial charge on any atom is -0.310 e. The molecule has 1 aromatic carbocycles. The van der Waals surface area contributed by atoms with Crippen LogP contribution in [0.2, 0.25) is 15.1 Å². The number of benzene rings is 1. The van der Waals surface area contributed by atoms with Crippen molar-refractivity contribution in [3.8, 4) is 0 Å². The van der Waals surface area contributed by atoms with Gasteiger partial charge in [-0.05, 0) is 37.1 Å². The van der Waals surface area contributed by atoms with Crippen LogP contribution >= 0.6 is 47.2 Å². The predicted octanol–water partition coefficient (Wildman–Crippen LogP) is 4.88. The first-order valence-corrected chi connectivity index (χ1v) is 6.19. The maximum Gasteiger partial charge on any atom is 0.0641 e. The topological polar surface area (TPSA) is 12.0 Å². The lowest BCUT2D eigenvalue weighted by Crippen LogP contribution is -2.27. The highest BCUT2D eigenvalue weighted by molar-refractivity contribution is 6.43. The Morgan fingerprint density at radius 1 is 1.12 bits per heavy atom. The van der Waals surface area contributed by atoms with Gasteiger partial charge in [0, 0.05) is 11.1 Å². The maximum atomic E-state index is 6.17. The summed E-state index contributed by atoms with van der Waals surface area (Å²) in [6, 6.07) is 3.87. The summed E-state index contributed by atoms with van der Waals surface area (Å²) in [5.41, 5.74) is 1.02. The molecule has 1 fully saturated rings. The molecule has 0 bridgehead atoms. The van der Waals surface area contributed by atoms with E-state index in [2.05, 4.69) is 5.32 Å². The van der Waals surface area contributed by atoms with Crippen molar-refractivity contribution in [1.29, 1.82) is 0 Å². The molecular weight excluding hydrogens is 288 g/mol. The van der Waals surface area contributed by atoms with Gasteiger partial charge in [0.15, 0.2) is 0 Å². The summed E-state index contributed by atoms with van der Waals surface area (Å²) in [4.78, 5) is 0. The van der Waals surface area contributed by atoms with Gasteiger partial charge in [0.25, 0.3) is 0 Å². The molecule has 0 amide bonds. The second kappa shape index (κ2) is 6.32. The van der Waals surface area contributed by atoms with Gasteiger partial charge in [0.05, 0.1) is 10.0 Å². The van der Waals surface area contributed by atoms with Crippen LogP contribution in [0.1, 0.15) is 30.9 Å². The van der Waals surface area contributed by atoms with Gasteiger partial charge in [-0.2, -0.15) is 0 Å². The number of piperidine rings is 1. The van der Waals surface area contributed by atoms with Crippen molar-refractivity contribution in [2.45, 2.75) is 25.3 Å². The van der Waals surface area contributed by atoms with Gasteiger partial charge < -0.3 is 5.32 Å². The Morgan fingerprint density at radius 2 is 1.88 bits per heavy atom. The molecule has 0 radical (unpaired) electrons. The van der Waals surface area contributed by atoms with E-state index in [1.54, 1.807) is 6.07 Å². The largest absolute Gasteiger partial charge is 0.310 e. The van der Waals surface area contributed by atoms with Crippen LogP contribution < -0.4 is 5.32 Å². The Morgan fingerprint density at radius 3 is 2.50 bits per heavy atom. The molecule has 1 N–H and O–H groups in total. The van der Waals surface area contributed by atoms with Crippen LogP contribution in [0.5, 0.6) is 0 Å². The van der Waals surface area contributed by atoms with Crippen LogP contribution in [0.15, 0.2) is 12.1 Å². The van der Waals surface area contributed by atoms with Crippen molar-refractivity contribution < 1.29 is 0 Å². The molecule has 1 aliphatic rings. The minimum atomic E-state index is 0. The van der Waals surface area contributed by atoms with Gasteiger partial charge >= 0.3 is 0 Å². The van der Waals surface area contributed by atoms with Gasteiger partial charge in [-0.25, -0.2) is 0 Å². The third-order valence-corrected chi connectivity index (χ3v) is 3.74. The molecular formula is C11H13Cl4N. The molecule has 0 aliphatic carbocycles. The number of rotatable bonds is 1. The third kappa shape index (κ3) is 3.18. The van der Waals surface area contributed by atoms with E-state index in [1.807, 2.05) is 6.07 Å². The molecule has 1 aliphatic heterocycles. The lowest BCUT2D eigenvalue weighted by molar-refractivity contribution is 0.412. The van der Waals surface area contributed by atoms with E-state index >= 15 is 0 Å². The molecule has 1 atom stereocenters. The van der Waals surface area contributed by atoms with E-state index in [1.165, 1.54) is 12.8 Å². The standard InChI is InChI=1S/C11H12Cl3N.ClH/c12-7-5-8(11(14)9(13)6-7)10-3-1-2-4-15-10;/h5-6,10,15H,1-4H2;1H/t10-;/m0./s1. The summed E-state index contributed by atoms with van der Waals surface area (Å²) in [5.74, 6) is 0. The quantitative estimate of drug-likeness (QED) is 0.729. The summed E-state index contributed by atoms with van der Waals surface area (Å²) in [5, 5.41) is 5.23. The Kier molecular flexibility index (Phi) is 5.69. The van der Waals surface area contributed by atoms with E-state index < -0.39 is 0 Å². The Labute approximate surface area is 117 Å².